The molecule has 3 fully saturated rings. The molecule has 2 N–H and O–H groups in total. The van der Waals surface area contributed by atoms with Gasteiger partial charge in [0, 0.05) is 21.7 Å². The van der Waals surface area contributed by atoms with Crippen LogP contribution in [0.15, 0.2) is 58.4 Å². The zero-order valence-corrected chi connectivity index (χ0v) is 23.4. The number of ether oxygens (including phenoxy) is 2. The molecular formula is C29H27N3O6S2. The molecule has 2 saturated carbocycles. The lowest BCUT2D eigenvalue weighted by Gasteiger charge is -2.43. The van der Waals surface area contributed by atoms with Crippen LogP contribution in [0.1, 0.15) is 22.8 Å². The smallest absolute Gasteiger partial charge is 0.305 e. The Kier molecular flexibility index (Phi) is 6.04. The van der Waals surface area contributed by atoms with Crippen LogP contribution >= 0.6 is 23.1 Å². The average Bonchev–Trinajstić information content (AvgIpc) is 3.69. The van der Waals surface area contributed by atoms with Crippen LogP contribution in [0.4, 0.5) is 5.69 Å². The highest BCUT2D eigenvalue weighted by atomic mass is 32.2. The first-order valence-corrected chi connectivity index (χ1v) is 14.9. The number of para-hydroxylation sites is 1. The van der Waals surface area contributed by atoms with Crippen molar-refractivity contribution in [2.45, 2.75) is 22.6 Å². The number of carbonyl (C=O) groups is 3. The second-order valence-corrected chi connectivity index (χ2v) is 13.0. The number of thiazole rings is 1. The van der Waals surface area contributed by atoms with E-state index in [1.807, 2.05) is 36.4 Å². The summed E-state index contributed by atoms with van der Waals surface area (Å²) in [5.41, 5.74) is 1.61. The number of anilines is 1. The molecule has 4 aliphatic rings. The van der Waals surface area contributed by atoms with Gasteiger partial charge in [0.1, 0.15) is 6.54 Å². The summed E-state index contributed by atoms with van der Waals surface area (Å²) >= 11 is 2.84. The number of benzene rings is 2. The largest absolute Gasteiger partial charge is 0.493 e. The predicted molar refractivity (Wildman–Crippen MR) is 150 cm³/mol. The molecule has 6 unspecified atom stereocenters. The van der Waals surface area contributed by atoms with Crippen LogP contribution in [0.3, 0.4) is 0 Å². The van der Waals surface area contributed by atoms with Crippen LogP contribution in [-0.2, 0) is 14.4 Å². The van der Waals surface area contributed by atoms with E-state index in [9.17, 15) is 19.2 Å². The summed E-state index contributed by atoms with van der Waals surface area (Å²) in [4.78, 5) is 57.7. The van der Waals surface area contributed by atoms with Crippen molar-refractivity contribution in [2.75, 3.05) is 26.1 Å². The third kappa shape index (κ3) is 3.74. The summed E-state index contributed by atoms with van der Waals surface area (Å²) in [7, 11) is 3.18. The van der Waals surface area contributed by atoms with E-state index in [4.69, 9.17) is 9.47 Å². The molecule has 3 amide bonds. The number of aromatic amines is 1. The molecule has 2 aliphatic heterocycles. The Bertz CT molecular complexity index is 1590. The summed E-state index contributed by atoms with van der Waals surface area (Å²) < 4.78 is 11.0. The Balaban J connectivity index is 1.22. The maximum Gasteiger partial charge on any atom is 0.305 e. The topological polar surface area (TPSA) is 118 Å². The highest BCUT2D eigenvalue weighted by Crippen LogP contribution is 2.68. The molecule has 40 heavy (non-hydrogen) atoms. The fourth-order valence-corrected chi connectivity index (χ4v) is 10.4. The van der Waals surface area contributed by atoms with E-state index < -0.39 is 17.7 Å². The van der Waals surface area contributed by atoms with Gasteiger partial charge < -0.3 is 19.8 Å². The highest BCUT2D eigenvalue weighted by molar-refractivity contribution is 8.00. The standard InChI is InChI=1S/C29H27N3O6S2/c1-37-17-9-8-13(10-18(17)38-2)20-21-15-11-16(24(21)39-26-25(20)40-29(36)31-26)23-22(15)27(34)32(28(23)35)12-19(33)30-14-6-4-3-5-7-14/h3-10,15-16,20-24H,11-12H2,1-2H3,(H,30,33)(H,31,36)/t15?,16?,20-,21?,22?,23?,24?/m1/s1. The number of fused-ring (bicyclic) bond motifs is 9. The highest BCUT2D eigenvalue weighted by Gasteiger charge is 2.69. The summed E-state index contributed by atoms with van der Waals surface area (Å²) in [6, 6.07) is 14.8. The lowest BCUT2D eigenvalue weighted by Crippen LogP contribution is -2.42. The van der Waals surface area contributed by atoms with Crippen molar-refractivity contribution < 1.29 is 23.9 Å². The molecule has 9 nitrogen and oxygen atoms in total. The number of hydrogen-bond donors (Lipinski definition) is 2. The van der Waals surface area contributed by atoms with Crippen molar-refractivity contribution in [1.29, 1.82) is 0 Å². The number of nitrogens with one attached hydrogen (secondary N) is 2. The van der Waals surface area contributed by atoms with Gasteiger partial charge in [0.05, 0.1) is 31.1 Å². The van der Waals surface area contributed by atoms with Crippen molar-refractivity contribution >= 4 is 46.5 Å². The molecule has 206 valence electrons. The van der Waals surface area contributed by atoms with E-state index in [2.05, 4.69) is 10.3 Å². The molecule has 1 saturated heterocycles. The number of imide groups is 1. The van der Waals surface area contributed by atoms with Crippen molar-refractivity contribution in [2.24, 2.45) is 29.6 Å². The van der Waals surface area contributed by atoms with Crippen LogP contribution in [0, 0.1) is 29.6 Å². The average molecular weight is 578 g/mol. The van der Waals surface area contributed by atoms with Gasteiger partial charge in [-0.15, -0.1) is 11.8 Å². The number of H-pyrrole nitrogens is 1. The first-order chi connectivity index (χ1) is 19.4. The first kappa shape index (κ1) is 25.4. The number of hydrogen-bond acceptors (Lipinski definition) is 8. The molecule has 11 heteroatoms. The molecule has 7 atom stereocenters. The van der Waals surface area contributed by atoms with Crippen molar-refractivity contribution in [3.05, 3.63) is 68.6 Å². The number of amides is 3. The van der Waals surface area contributed by atoms with E-state index in [1.54, 1.807) is 38.1 Å². The third-order valence-corrected chi connectivity index (χ3v) is 11.5. The predicted octanol–water partition coefficient (Wildman–Crippen LogP) is 3.57. The lowest BCUT2D eigenvalue weighted by molar-refractivity contribution is -0.143. The van der Waals surface area contributed by atoms with Gasteiger partial charge in [-0.1, -0.05) is 35.6 Å². The van der Waals surface area contributed by atoms with Gasteiger partial charge in [-0.05, 0) is 54.0 Å². The molecule has 2 aromatic carbocycles. The summed E-state index contributed by atoms with van der Waals surface area (Å²) in [6.45, 7) is -0.290. The van der Waals surface area contributed by atoms with Gasteiger partial charge in [-0.25, -0.2) is 0 Å². The van der Waals surface area contributed by atoms with Crippen LogP contribution in [-0.4, -0.2) is 53.6 Å². The van der Waals surface area contributed by atoms with Crippen molar-refractivity contribution in [3.8, 4) is 11.5 Å². The van der Waals surface area contributed by atoms with Crippen molar-refractivity contribution in [3.63, 3.8) is 0 Å². The minimum atomic E-state index is -0.455. The first-order valence-electron chi connectivity index (χ1n) is 13.2. The van der Waals surface area contributed by atoms with Crippen molar-refractivity contribution in [1.82, 2.24) is 9.88 Å². The number of methoxy groups -OCH3 is 2. The molecule has 2 bridgehead atoms. The maximum absolute atomic E-state index is 13.8. The monoisotopic (exact) mass is 577 g/mol. The second kappa shape index (κ2) is 9.52. The molecule has 2 aliphatic carbocycles. The molecule has 0 radical (unpaired) electrons. The Morgan fingerprint density at radius 3 is 2.45 bits per heavy atom. The number of rotatable bonds is 6. The number of carbonyl (C=O) groups excluding carboxylic acids is 3. The molecule has 0 spiro atoms. The van der Waals surface area contributed by atoms with Crippen LogP contribution in [0.25, 0.3) is 0 Å². The Hall–Kier alpha value is -3.57. The SMILES string of the molecule is COc1ccc([C@H]2c3sc(=O)[nH]c3SC3C4CC(C5C(=O)N(CC(=O)Nc6ccccc6)C(=O)C45)C32)cc1OC. The third-order valence-electron chi connectivity index (χ3n) is 8.94. The normalized spacial score (nSPS) is 29.6. The van der Waals surface area contributed by atoms with Gasteiger partial charge in [0.25, 0.3) is 0 Å². The van der Waals surface area contributed by atoms with Gasteiger partial charge in [0.2, 0.25) is 17.7 Å². The molecule has 7 rings (SSSR count). The molecule has 3 heterocycles. The van der Waals surface area contributed by atoms with Gasteiger partial charge >= 0.3 is 4.87 Å². The summed E-state index contributed by atoms with van der Waals surface area (Å²) in [5.74, 6) is -0.690. The minimum absolute atomic E-state index is 0.0113. The zero-order chi connectivity index (χ0) is 27.7. The van der Waals surface area contributed by atoms with E-state index >= 15 is 0 Å². The quantitative estimate of drug-likeness (QED) is 0.430. The Labute approximate surface area is 238 Å². The van der Waals surface area contributed by atoms with Crippen LogP contribution in [0.5, 0.6) is 11.5 Å². The summed E-state index contributed by atoms with van der Waals surface area (Å²) in [5, 5.41) is 3.69. The number of aromatic nitrogens is 1. The van der Waals surface area contributed by atoms with E-state index in [-0.39, 0.29) is 52.2 Å². The fraction of sp³-hybridized carbons (Fsp3) is 0.379. The number of nitrogens with zero attached hydrogens (tertiary/aromatic N) is 1. The van der Waals surface area contributed by atoms with Gasteiger partial charge in [-0.3, -0.25) is 24.1 Å². The second-order valence-electron chi connectivity index (χ2n) is 10.8. The van der Waals surface area contributed by atoms with E-state index in [0.29, 0.717) is 17.2 Å². The fourth-order valence-electron chi connectivity index (χ4n) is 7.52. The molecular weight excluding hydrogens is 550 g/mol. The lowest BCUT2D eigenvalue weighted by atomic mass is 9.68. The zero-order valence-electron chi connectivity index (χ0n) is 21.8. The summed E-state index contributed by atoms with van der Waals surface area (Å²) in [6.07, 6.45) is 0.780. The van der Waals surface area contributed by atoms with Gasteiger partial charge in [0.15, 0.2) is 11.5 Å². The van der Waals surface area contributed by atoms with Crippen LogP contribution in [0.2, 0.25) is 0 Å². The van der Waals surface area contributed by atoms with Crippen LogP contribution < -0.4 is 19.7 Å². The Morgan fingerprint density at radius 2 is 1.73 bits per heavy atom. The van der Waals surface area contributed by atoms with E-state index in [1.165, 1.54) is 11.3 Å². The number of thioether (sulfide) groups is 1. The van der Waals surface area contributed by atoms with Gasteiger partial charge in [-0.2, -0.15) is 0 Å². The number of likely N-dealkylation sites (tertiary alicyclic amines) is 1. The van der Waals surface area contributed by atoms with E-state index in [0.717, 1.165) is 26.8 Å². The molecule has 1 aromatic heterocycles. The molecule has 3 aromatic rings. The maximum atomic E-state index is 13.8. The Morgan fingerprint density at radius 1 is 1.00 bits per heavy atom. The minimum Gasteiger partial charge on any atom is -0.493 e.